The summed E-state index contributed by atoms with van der Waals surface area (Å²) in [7, 11) is -3.57. The Balaban J connectivity index is 2.17. The lowest BCUT2D eigenvalue weighted by Gasteiger charge is -2.08. The lowest BCUT2D eigenvalue weighted by molar-refractivity contribution is 0.327. The molecule has 0 aliphatic heterocycles. The van der Waals surface area contributed by atoms with Crippen molar-refractivity contribution in [3.63, 3.8) is 0 Å². The summed E-state index contributed by atoms with van der Waals surface area (Å²) in [6.45, 7) is 2.37. The second-order valence-electron chi connectivity index (χ2n) is 3.74. The first-order chi connectivity index (χ1) is 9.12. The predicted octanol–water partition coefficient (Wildman–Crippen LogP) is 2.28. The van der Waals surface area contributed by atoms with Crippen molar-refractivity contribution in [2.75, 3.05) is 11.3 Å². The number of hydrogen-bond donors (Lipinski definition) is 1. The van der Waals surface area contributed by atoms with Crippen molar-refractivity contribution in [3.8, 4) is 5.88 Å². The minimum absolute atomic E-state index is 0.212. The summed E-state index contributed by atoms with van der Waals surface area (Å²) in [6.07, 6.45) is 1.42. The average molecular weight is 278 g/mol. The minimum Gasteiger partial charge on any atom is -0.478 e. The Labute approximate surface area is 112 Å². The van der Waals surface area contributed by atoms with Crippen LogP contribution in [0.1, 0.15) is 6.92 Å². The van der Waals surface area contributed by atoms with Crippen LogP contribution in [0.15, 0.2) is 53.6 Å². The lowest BCUT2D eigenvalue weighted by Crippen LogP contribution is -2.12. The molecule has 1 aromatic carbocycles. The molecule has 0 spiro atoms. The van der Waals surface area contributed by atoms with Crippen LogP contribution in [0.25, 0.3) is 0 Å². The van der Waals surface area contributed by atoms with Gasteiger partial charge in [-0.2, -0.15) is 0 Å². The zero-order valence-corrected chi connectivity index (χ0v) is 11.2. The van der Waals surface area contributed by atoms with Gasteiger partial charge in [0.15, 0.2) is 0 Å². The number of rotatable bonds is 5. The number of anilines is 1. The van der Waals surface area contributed by atoms with E-state index in [2.05, 4.69) is 9.71 Å². The van der Waals surface area contributed by atoms with Crippen molar-refractivity contribution in [2.45, 2.75) is 11.8 Å². The van der Waals surface area contributed by atoms with Crippen molar-refractivity contribution in [1.29, 1.82) is 0 Å². The maximum absolute atomic E-state index is 12.0. The zero-order chi connectivity index (χ0) is 13.7. The average Bonchev–Trinajstić information content (AvgIpc) is 2.42. The molecule has 2 aromatic rings. The Kier molecular flexibility index (Phi) is 4.01. The number of pyridine rings is 1. The highest BCUT2D eigenvalue weighted by Crippen LogP contribution is 2.16. The van der Waals surface area contributed by atoms with Crippen molar-refractivity contribution in [1.82, 2.24) is 4.98 Å². The molecule has 0 amide bonds. The van der Waals surface area contributed by atoms with Crippen LogP contribution >= 0.6 is 0 Å². The fourth-order valence-electron chi connectivity index (χ4n) is 1.49. The van der Waals surface area contributed by atoms with Gasteiger partial charge < -0.3 is 4.74 Å². The summed E-state index contributed by atoms with van der Waals surface area (Å²) in [4.78, 5) is 4.21. The van der Waals surface area contributed by atoms with E-state index in [1.165, 1.54) is 18.3 Å². The van der Waals surface area contributed by atoms with Gasteiger partial charge >= 0.3 is 0 Å². The summed E-state index contributed by atoms with van der Waals surface area (Å²) in [5.74, 6) is 0.463. The van der Waals surface area contributed by atoms with E-state index in [0.717, 1.165) is 0 Å². The van der Waals surface area contributed by atoms with Gasteiger partial charge in [0.05, 0.1) is 23.4 Å². The van der Waals surface area contributed by atoms with Gasteiger partial charge in [-0.05, 0) is 25.1 Å². The van der Waals surface area contributed by atoms with Gasteiger partial charge in [-0.3, -0.25) is 4.72 Å². The molecular weight excluding hydrogens is 264 g/mol. The highest BCUT2D eigenvalue weighted by Gasteiger charge is 2.13. The molecule has 19 heavy (non-hydrogen) atoms. The molecule has 2 rings (SSSR count). The first-order valence-electron chi connectivity index (χ1n) is 5.78. The van der Waals surface area contributed by atoms with Crippen LogP contribution in [0.2, 0.25) is 0 Å². The summed E-state index contributed by atoms with van der Waals surface area (Å²) in [5.41, 5.74) is 0.396. The molecule has 5 nitrogen and oxygen atoms in total. The standard InChI is InChI=1S/C13H14N2O3S/c1-2-18-13-9-8-11(10-14-13)15-19(16,17)12-6-4-3-5-7-12/h3-10,15H,2H2,1H3. The molecule has 0 unspecified atom stereocenters. The SMILES string of the molecule is CCOc1ccc(NS(=O)(=O)c2ccccc2)cn1. The molecule has 0 saturated heterocycles. The normalized spacial score (nSPS) is 11.0. The van der Waals surface area contributed by atoms with E-state index in [4.69, 9.17) is 4.74 Å². The molecule has 0 aliphatic carbocycles. The first-order valence-corrected chi connectivity index (χ1v) is 7.27. The molecule has 1 aromatic heterocycles. The molecule has 0 atom stereocenters. The number of benzene rings is 1. The molecule has 0 saturated carbocycles. The summed E-state index contributed by atoms with van der Waals surface area (Å²) in [6, 6.07) is 11.4. The number of ether oxygens (including phenoxy) is 1. The molecule has 0 bridgehead atoms. The van der Waals surface area contributed by atoms with Gasteiger partial charge in [0.25, 0.3) is 10.0 Å². The maximum Gasteiger partial charge on any atom is 0.261 e. The van der Waals surface area contributed by atoms with Crippen LogP contribution in [0.3, 0.4) is 0 Å². The van der Waals surface area contributed by atoms with Crippen LogP contribution in [-0.2, 0) is 10.0 Å². The van der Waals surface area contributed by atoms with Crippen LogP contribution in [0.5, 0.6) is 5.88 Å². The Morgan fingerprint density at radius 3 is 2.47 bits per heavy atom. The smallest absolute Gasteiger partial charge is 0.261 e. The molecule has 0 radical (unpaired) electrons. The third-order valence-corrected chi connectivity index (χ3v) is 3.73. The van der Waals surface area contributed by atoms with E-state index >= 15 is 0 Å². The second kappa shape index (κ2) is 5.71. The maximum atomic E-state index is 12.0. The summed E-state index contributed by atoms with van der Waals surface area (Å²) >= 11 is 0. The molecular formula is C13H14N2O3S. The topological polar surface area (TPSA) is 68.3 Å². The lowest BCUT2D eigenvalue weighted by atomic mass is 10.4. The summed E-state index contributed by atoms with van der Waals surface area (Å²) in [5, 5.41) is 0. The molecule has 6 heteroatoms. The molecule has 0 aliphatic rings. The van der Waals surface area contributed by atoms with E-state index in [0.29, 0.717) is 18.2 Å². The van der Waals surface area contributed by atoms with Crippen LogP contribution in [-0.4, -0.2) is 20.0 Å². The van der Waals surface area contributed by atoms with Gasteiger partial charge in [0, 0.05) is 6.07 Å². The quantitative estimate of drug-likeness (QED) is 0.911. The number of nitrogens with zero attached hydrogens (tertiary/aromatic N) is 1. The van der Waals surface area contributed by atoms with Gasteiger partial charge in [0.2, 0.25) is 5.88 Å². The number of sulfonamides is 1. The van der Waals surface area contributed by atoms with Crippen LogP contribution in [0, 0.1) is 0 Å². The summed E-state index contributed by atoms with van der Waals surface area (Å²) < 4.78 is 31.7. The third kappa shape index (κ3) is 3.45. The fourth-order valence-corrected chi connectivity index (χ4v) is 2.55. The zero-order valence-electron chi connectivity index (χ0n) is 10.4. The highest BCUT2D eigenvalue weighted by molar-refractivity contribution is 7.92. The Bertz CT molecular complexity index is 625. The Hall–Kier alpha value is -2.08. The minimum atomic E-state index is -3.57. The van der Waals surface area contributed by atoms with Crippen molar-refractivity contribution < 1.29 is 13.2 Å². The number of hydrogen-bond acceptors (Lipinski definition) is 4. The second-order valence-corrected chi connectivity index (χ2v) is 5.42. The van der Waals surface area contributed by atoms with Gasteiger partial charge in [-0.1, -0.05) is 18.2 Å². The van der Waals surface area contributed by atoms with E-state index < -0.39 is 10.0 Å². The van der Waals surface area contributed by atoms with Gasteiger partial charge in [-0.15, -0.1) is 0 Å². The van der Waals surface area contributed by atoms with Gasteiger partial charge in [-0.25, -0.2) is 13.4 Å². The van der Waals surface area contributed by atoms with Crippen LogP contribution < -0.4 is 9.46 Å². The first kappa shape index (κ1) is 13.4. The van der Waals surface area contributed by atoms with E-state index in [1.54, 1.807) is 30.3 Å². The fraction of sp³-hybridized carbons (Fsp3) is 0.154. The number of aromatic nitrogens is 1. The Morgan fingerprint density at radius 1 is 1.16 bits per heavy atom. The molecule has 1 N–H and O–H groups in total. The predicted molar refractivity (Wildman–Crippen MR) is 72.7 cm³/mol. The monoisotopic (exact) mass is 278 g/mol. The van der Waals surface area contributed by atoms with Crippen molar-refractivity contribution in [3.05, 3.63) is 48.7 Å². The molecule has 1 heterocycles. The van der Waals surface area contributed by atoms with E-state index in [1.807, 2.05) is 6.92 Å². The third-order valence-electron chi connectivity index (χ3n) is 2.33. The number of nitrogens with one attached hydrogen (secondary N) is 1. The van der Waals surface area contributed by atoms with Gasteiger partial charge in [0.1, 0.15) is 0 Å². The molecule has 0 fully saturated rings. The van der Waals surface area contributed by atoms with Crippen molar-refractivity contribution >= 4 is 15.7 Å². The molecule has 100 valence electrons. The highest BCUT2D eigenvalue weighted by atomic mass is 32.2. The Morgan fingerprint density at radius 2 is 1.89 bits per heavy atom. The van der Waals surface area contributed by atoms with Crippen molar-refractivity contribution in [2.24, 2.45) is 0 Å². The largest absolute Gasteiger partial charge is 0.478 e. The van der Waals surface area contributed by atoms with E-state index in [9.17, 15) is 8.42 Å². The van der Waals surface area contributed by atoms with E-state index in [-0.39, 0.29) is 4.90 Å². The van der Waals surface area contributed by atoms with Crippen LogP contribution in [0.4, 0.5) is 5.69 Å².